The summed E-state index contributed by atoms with van der Waals surface area (Å²) in [5, 5.41) is 12.2. The molecule has 1 aromatic rings. The standard InChI is InChI=1S/C15H21FN2/c1-12-10-13(16)6-7-14(12)18-9-5-4-8-15(2,3)11-17/h6-7,10,18H,4-5,8-9H2,1-3H3. The highest BCUT2D eigenvalue weighted by Gasteiger charge is 2.15. The Bertz CT molecular complexity index is 433. The second kappa shape index (κ2) is 6.39. The zero-order valence-corrected chi connectivity index (χ0v) is 11.4. The van der Waals surface area contributed by atoms with E-state index in [1.54, 1.807) is 6.07 Å². The van der Waals surface area contributed by atoms with Crippen LogP contribution in [-0.4, -0.2) is 6.54 Å². The lowest BCUT2D eigenvalue weighted by Gasteiger charge is -2.15. The molecule has 0 spiro atoms. The normalized spacial score (nSPS) is 11.1. The van der Waals surface area contributed by atoms with Crippen LogP contribution in [0, 0.1) is 29.5 Å². The Morgan fingerprint density at radius 2 is 2.06 bits per heavy atom. The fourth-order valence-corrected chi connectivity index (χ4v) is 1.80. The zero-order valence-electron chi connectivity index (χ0n) is 11.4. The van der Waals surface area contributed by atoms with Crippen LogP contribution in [0.25, 0.3) is 0 Å². The highest BCUT2D eigenvalue weighted by molar-refractivity contribution is 5.50. The molecule has 0 aliphatic heterocycles. The summed E-state index contributed by atoms with van der Waals surface area (Å²) in [5.74, 6) is -0.200. The summed E-state index contributed by atoms with van der Waals surface area (Å²) in [5.41, 5.74) is 1.68. The lowest BCUT2D eigenvalue weighted by molar-refractivity contribution is 0.430. The maximum Gasteiger partial charge on any atom is 0.123 e. The van der Waals surface area contributed by atoms with E-state index in [0.717, 1.165) is 37.1 Å². The summed E-state index contributed by atoms with van der Waals surface area (Å²) < 4.78 is 12.9. The Hall–Kier alpha value is -1.56. The fraction of sp³-hybridized carbons (Fsp3) is 0.533. The number of benzene rings is 1. The molecule has 3 heteroatoms. The Labute approximate surface area is 109 Å². The van der Waals surface area contributed by atoms with E-state index < -0.39 is 0 Å². The lowest BCUT2D eigenvalue weighted by Crippen LogP contribution is -2.09. The molecule has 0 aliphatic rings. The van der Waals surface area contributed by atoms with E-state index in [1.807, 2.05) is 20.8 Å². The smallest absolute Gasteiger partial charge is 0.123 e. The van der Waals surface area contributed by atoms with Crippen molar-refractivity contribution in [1.29, 1.82) is 5.26 Å². The minimum absolute atomic E-state index is 0.200. The van der Waals surface area contributed by atoms with Crippen molar-refractivity contribution in [3.8, 4) is 6.07 Å². The van der Waals surface area contributed by atoms with Crippen molar-refractivity contribution in [2.45, 2.75) is 40.0 Å². The molecule has 18 heavy (non-hydrogen) atoms. The van der Waals surface area contributed by atoms with Gasteiger partial charge in [-0.25, -0.2) is 4.39 Å². The Morgan fingerprint density at radius 3 is 2.67 bits per heavy atom. The van der Waals surface area contributed by atoms with Crippen LogP contribution < -0.4 is 5.32 Å². The van der Waals surface area contributed by atoms with Gasteiger partial charge in [-0.05, 0) is 57.4 Å². The van der Waals surface area contributed by atoms with E-state index in [9.17, 15) is 4.39 Å². The number of nitrogens with zero attached hydrogens (tertiary/aromatic N) is 1. The van der Waals surface area contributed by atoms with Gasteiger partial charge in [-0.1, -0.05) is 6.42 Å². The highest BCUT2D eigenvalue weighted by Crippen LogP contribution is 2.22. The van der Waals surface area contributed by atoms with Gasteiger partial charge in [0.2, 0.25) is 0 Å². The number of unbranched alkanes of at least 4 members (excludes halogenated alkanes) is 1. The third-order valence-electron chi connectivity index (χ3n) is 3.04. The van der Waals surface area contributed by atoms with Gasteiger partial charge >= 0.3 is 0 Å². The lowest BCUT2D eigenvalue weighted by atomic mass is 9.89. The van der Waals surface area contributed by atoms with E-state index in [1.165, 1.54) is 12.1 Å². The van der Waals surface area contributed by atoms with Crippen LogP contribution in [0.1, 0.15) is 38.7 Å². The average Bonchev–Trinajstić information content (AvgIpc) is 2.31. The molecule has 0 atom stereocenters. The second-order valence-electron chi connectivity index (χ2n) is 5.34. The maximum atomic E-state index is 12.9. The van der Waals surface area contributed by atoms with Crippen LogP contribution in [0.5, 0.6) is 0 Å². The molecule has 2 nitrogen and oxygen atoms in total. The van der Waals surface area contributed by atoms with E-state index >= 15 is 0 Å². The molecule has 0 saturated carbocycles. The molecule has 0 bridgehead atoms. The number of anilines is 1. The molecule has 0 saturated heterocycles. The first-order valence-corrected chi connectivity index (χ1v) is 6.36. The van der Waals surface area contributed by atoms with Crippen molar-refractivity contribution in [2.75, 3.05) is 11.9 Å². The van der Waals surface area contributed by atoms with Crippen molar-refractivity contribution in [3.63, 3.8) is 0 Å². The van der Waals surface area contributed by atoms with Crippen LogP contribution >= 0.6 is 0 Å². The van der Waals surface area contributed by atoms with Gasteiger partial charge in [0.15, 0.2) is 0 Å². The van der Waals surface area contributed by atoms with E-state index in [0.29, 0.717) is 0 Å². The fourth-order valence-electron chi connectivity index (χ4n) is 1.80. The van der Waals surface area contributed by atoms with Crippen molar-refractivity contribution in [3.05, 3.63) is 29.6 Å². The quantitative estimate of drug-likeness (QED) is 0.763. The number of nitriles is 1. The van der Waals surface area contributed by atoms with Gasteiger partial charge in [0.1, 0.15) is 5.82 Å². The van der Waals surface area contributed by atoms with Crippen molar-refractivity contribution >= 4 is 5.69 Å². The van der Waals surface area contributed by atoms with Gasteiger partial charge in [0.25, 0.3) is 0 Å². The van der Waals surface area contributed by atoms with Gasteiger partial charge in [0, 0.05) is 12.2 Å². The topological polar surface area (TPSA) is 35.8 Å². The molecule has 0 unspecified atom stereocenters. The first-order chi connectivity index (χ1) is 8.44. The van der Waals surface area contributed by atoms with Crippen molar-refractivity contribution < 1.29 is 4.39 Å². The summed E-state index contributed by atoms with van der Waals surface area (Å²) in [4.78, 5) is 0. The van der Waals surface area contributed by atoms with Gasteiger partial charge in [-0.3, -0.25) is 0 Å². The molecule has 0 aliphatic carbocycles. The predicted octanol–water partition coefficient (Wildman–Crippen LogP) is 4.27. The number of hydrogen-bond donors (Lipinski definition) is 1. The monoisotopic (exact) mass is 248 g/mol. The second-order valence-corrected chi connectivity index (χ2v) is 5.34. The van der Waals surface area contributed by atoms with Crippen LogP contribution in [0.15, 0.2) is 18.2 Å². The number of nitrogens with one attached hydrogen (secondary N) is 1. The summed E-state index contributed by atoms with van der Waals surface area (Å²) in [7, 11) is 0. The van der Waals surface area contributed by atoms with Crippen LogP contribution in [0.2, 0.25) is 0 Å². The van der Waals surface area contributed by atoms with Gasteiger partial charge in [-0.2, -0.15) is 5.26 Å². The van der Waals surface area contributed by atoms with Gasteiger partial charge in [0.05, 0.1) is 11.5 Å². The van der Waals surface area contributed by atoms with Crippen LogP contribution in [0.3, 0.4) is 0 Å². The third kappa shape index (κ3) is 4.75. The number of aryl methyl sites for hydroxylation is 1. The molecule has 1 N–H and O–H groups in total. The molecule has 1 rings (SSSR count). The number of rotatable bonds is 6. The Kier molecular flexibility index (Phi) is 5.15. The summed E-state index contributed by atoms with van der Waals surface area (Å²) >= 11 is 0. The average molecular weight is 248 g/mol. The molecular weight excluding hydrogens is 227 g/mol. The van der Waals surface area contributed by atoms with Gasteiger partial charge in [-0.15, -0.1) is 0 Å². The van der Waals surface area contributed by atoms with Crippen LogP contribution in [-0.2, 0) is 0 Å². The Balaban J connectivity index is 2.29. The predicted molar refractivity (Wildman–Crippen MR) is 72.9 cm³/mol. The summed E-state index contributed by atoms with van der Waals surface area (Å²) in [6.45, 7) is 6.67. The summed E-state index contributed by atoms with van der Waals surface area (Å²) in [6.07, 6.45) is 2.95. The maximum absolute atomic E-state index is 12.9. The first kappa shape index (κ1) is 14.5. The summed E-state index contributed by atoms with van der Waals surface area (Å²) in [6, 6.07) is 7.07. The zero-order chi connectivity index (χ0) is 13.6. The molecule has 0 amide bonds. The largest absolute Gasteiger partial charge is 0.385 e. The number of halogens is 1. The third-order valence-corrected chi connectivity index (χ3v) is 3.04. The highest BCUT2D eigenvalue weighted by atomic mass is 19.1. The number of hydrogen-bond acceptors (Lipinski definition) is 2. The van der Waals surface area contributed by atoms with Crippen molar-refractivity contribution in [1.82, 2.24) is 0 Å². The van der Waals surface area contributed by atoms with E-state index in [4.69, 9.17) is 5.26 Å². The molecule has 1 aromatic carbocycles. The minimum Gasteiger partial charge on any atom is -0.385 e. The molecule has 0 aromatic heterocycles. The molecule has 98 valence electrons. The minimum atomic E-state index is -0.230. The molecule has 0 fully saturated rings. The van der Waals surface area contributed by atoms with Gasteiger partial charge < -0.3 is 5.32 Å². The molecule has 0 heterocycles. The van der Waals surface area contributed by atoms with E-state index in [2.05, 4.69) is 11.4 Å². The molecular formula is C15H21FN2. The van der Waals surface area contributed by atoms with Crippen molar-refractivity contribution in [2.24, 2.45) is 5.41 Å². The van der Waals surface area contributed by atoms with Crippen LogP contribution in [0.4, 0.5) is 10.1 Å². The molecule has 0 radical (unpaired) electrons. The Morgan fingerprint density at radius 1 is 1.33 bits per heavy atom. The first-order valence-electron chi connectivity index (χ1n) is 6.36. The van der Waals surface area contributed by atoms with E-state index in [-0.39, 0.29) is 11.2 Å². The SMILES string of the molecule is Cc1cc(F)ccc1NCCCCC(C)(C)C#N.